The predicted molar refractivity (Wildman–Crippen MR) is 105 cm³/mol. The van der Waals surface area contributed by atoms with Crippen LogP contribution in [0.15, 0.2) is 54.7 Å². The number of rotatable bonds is 3. The molecule has 1 aliphatic rings. The maximum Gasteiger partial charge on any atom is 0.340 e. The highest BCUT2D eigenvalue weighted by Gasteiger charge is 2.30. The third kappa shape index (κ3) is 3.22. The number of H-pyrrole nitrogens is 1. The SMILES string of the molecule is C[C@@H]1CC(=O)Nc2ccccc2N1C(=O)COC(=O)c1c[nH]c2ccccc12. The molecule has 4 rings (SSSR count). The third-order valence-electron chi connectivity index (χ3n) is 4.76. The molecule has 28 heavy (non-hydrogen) atoms. The number of nitrogens with zero attached hydrogens (tertiary/aromatic N) is 1. The Kier molecular flexibility index (Phi) is 4.57. The second-order valence-corrected chi connectivity index (χ2v) is 6.71. The second kappa shape index (κ2) is 7.19. The molecule has 1 aliphatic heterocycles. The average molecular weight is 377 g/mol. The van der Waals surface area contributed by atoms with E-state index < -0.39 is 12.6 Å². The maximum absolute atomic E-state index is 12.9. The summed E-state index contributed by atoms with van der Waals surface area (Å²) in [5.74, 6) is -1.12. The van der Waals surface area contributed by atoms with E-state index in [2.05, 4.69) is 10.3 Å². The van der Waals surface area contributed by atoms with Gasteiger partial charge in [-0.2, -0.15) is 0 Å². The van der Waals surface area contributed by atoms with Crippen molar-refractivity contribution in [3.63, 3.8) is 0 Å². The Morgan fingerprint density at radius 3 is 2.75 bits per heavy atom. The van der Waals surface area contributed by atoms with Crippen LogP contribution >= 0.6 is 0 Å². The zero-order valence-electron chi connectivity index (χ0n) is 15.3. The van der Waals surface area contributed by atoms with Crippen LogP contribution in [0.2, 0.25) is 0 Å². The highest BCUT2D eigenvalue weighted by atomic mass is 16.5. The summed E-state index contributed by atoms with van der Waals surface area (Å²) in [5.41, 5.74) is 2.35. The molecule has 7 heteroatoms. The highest BCUT2D eigenvalue weighted by Crippen LogP contribution is 2.31. The number of ether oxygens (including phenoxy) is 1. The summed E-state index contributed by atoms with van der Waals surface area (Å²) in [4.78, 5) is 41.9. The van der Waals surface area contributed by atoms with E-state index in [1.54, 1.807) is 37.4 Å². The minimum Gasteiger partial charge on any atom is -0.452 e. The number of nitrogens with one attached hydrogen (secondary N) is 2. The first-order valence-corrected chi connectivity index (χ1v) is 8.99. The molecule has 0 spiro atoms. The standard InChI is InChI=1S/C21H19N3O4/c1-13-10-19(25)23-17-8-4-5-9-18(17)24(13)20(26)12-28-21(27)15-11-22-16-7-3-2-6-14(15)16/h2-9,11,13,22H,10,12H2,1H3,(H,23,25)/t13-/m1/s1. The molecule has 2 aromatic carbocycles. The number of hydrogen-bond acceptors (Lipinski definition) is 4. The average Bonchev–Trinajstić information content (AvgIpc) is 3.06. The number of carbonyl (C=O) groups is 3. The molecular weight excluding hydrogens is 358 g/mol. The van der Waals surface area contributed by atoms with Crippen molar-refractivity contribution in [2.75, 3.05) is 16.8 Å². The number of aromatic nitrogens is 1. The molecule has 1 atom stereocenters. The molecular formula is C21H19N3O4. The van der Waals surface area contributed by atoms with Crippen molar-refractivity contribution in [3.8, 4) is 0 Å². The Morgan fingerprint density at radius 1 is 1.14 bits per heavy atom. The van der Waals surface area contributed by atoms with Gasteiger partial charge in [-0.15, -0.1) is 0 Å². The largest absolute Gasteiger partial charge is 0.452 e. The van der Waals surface area contributed by atoms with Gasteiger partial charge in [-0.1, -0.05) is 30.3 Å². The van der Waals surface area contributed by atoms with Gasteiger partial charge in [0.1, 0.15) is 0 Å². The van der Waals surface area contributed by atoms with E-state index in [1.807, 2.05) is 24.3 Å². The van der Waals surface area contributed by atoms with Crippen LogP contribution in [0.3, 0.4) is 0 Å². The topological polar surface area (TPSA) is 91.5 Å². The number of benzene rings is 2. The molecule has 0 aliphatic carbocycles. The summed E-state index contributed by atoms with van der Waals surface area (Å²) in [6.45, 7) is 1.38. The minimum absolute atomic E-state index is 0.161. The van der Waals surface area contributed by atoms with Gasteiger partial charge in [-0.05, 0) is 25.1 Å². The fourth-order valence-corrected chi connectivity index (χ4v) is 3.48. The molecule has 2 heterocycles. The molecule has 0 fully saturated rings. The summed E-state index contributed by atoms with van der Waals surface area (Å²) in [5, 5.41) is 3.54. The molecule has 2 amide bonds. The van der Waals surface area contributed by atoms with E-state index in [1.165, 1.54) is 4.90 Å². The third-order valence-corrected chi connectivity index (χ3v) is 4.76. The number of carbonyl (C=O) groups excluding carboxylic acids is 3. The lowest BCUT2D eigenvalue weighted by atomic mass is 10.1. The van der Waals surface area contributed by atoms with E-state index in [-0.39, 0.29) is 24.3 Å². The van der Waals surface area contributed by atoms with E-state index in [4.69, 9.17) is 4.74 Å². The van der Waals surface area contributed by atoms with Gasteiger partial charge >= 0.3 is 5.97 Å². The van der Waals surface area contributed by atoms with Gasteiger partial charge in [0.2, 0.25) is 5.91 Å². The lowest BCUT2D eigenvalue weighted by Gasteiger charge is -2.27. The first-order chi connectivity index (χ1) is 13.5. The molecule has 142 valence electrons. The smallest absolute Gasteiger partial charge is 0.340 e. The molecule has 7 nitrogen and oxygen atoms in total. The van der Waals surface area contributed by atoms with Crippen LogP contribution in [0.1, 0.15) is 23.7 Å². The summed E-state index contributed by atoms with van der Waals surface area (Å²) in [6, 6.07) is 14.1. The fourth-order valence-electron chi connectivity index (χ4n) is 3.48. The minimum atomic E-state index is -0.573. The van der Waals surface area contributed by atoms with Crippen molar-refractivity contribution in [2.45, 2.75) is 19.4 Å². The van der Waals surface area contributed by atoms with Crippen LogP contribution in [0.4, 0.5) is 11.4 Å². The lowest BCUT2D eigenvalue weighted by Crippen LogP contribution is -2.41. The Bertz CT molecular complexity index is 1070. The Hall–Kier alpha value is -3.61. The summed E-state index contributed by atoms with van der Waals surface area (Å²) in [6.07, 6.45) is 1.74. The molecule has 0 unspecified atom stereocenters. The normalized spacial score (nSPS) is 16.2. The van der Waals surface area contributed by atoms with E-state index >= 15 is 0 Å². The first-order valence-electron chi connectivity index (χ1n) is 8.99. The van der Waals surface area contributed by atoms with Crippen molar-refractivity contribution in [3.05, 3.63) is 60.3 Å². The van der Waals surface area contributed by atoms with Crippen molar-refractivity contribution in [1.29, 1.82) is 0 Å². The second-order valence-electron chi connectivity index (χ2n) is 6.71. The Balaban J connectivity index is 1.53. The van der Waals surface area contributed by atoms with Crippen LogP contribution in [0.5, 0.6) is 0 Å². The molecule has 0 radical (unpaired) electrons. The van der Waals surface area contributed by atoms with Crippen LogP contribution in [-0.4, -0.2) is 35.4 Å². The van der Waals surface area contributed by atoms with E-state index in [9.17, 15) is 14.4 Å². The Morgan fingerprint density at radius 2 is 1.89 bits per heavy atom. The Labute approximate surface area is 161 Å². The number of esters is 1. The van der Waals surface area contributed by atoms with Crippen molar-refractivity contribution >= 4 is 40.1 Å². The van der Waals surface area contributed by atoms with Gasteiger partial charge in [-0.25, -0.2) is 4.79 Å². The molecule has 0 saturated carbocycles. The van der Waals surface area contributed by atoms with Crippen LogP contribution < -0.4 is 10.2 Å². The highest BCUT2D eigenvalue weighted by molar-refractivity contribution is 6.07. The van der Waals surface area contributed by atoms with Gasteiger partial charge in [-0.3, -0.25) is 9.59 Å². The zero-order chi connectivity index (χ0) is 19.7. The van der Waals surface area contributed by atoms with Gasteiger partial charge in [0, 0.05) is 29.6 Å². The van der Waals surface area contributed by atoms with Gasteiger partial charge in [0.25, 0.3) is 5.91 Å². The number of aromatic amines is 1. The fraction of sp³-hybridized carbons (Fsp3) is 0.190. The van der Waals surface area contributed by atoms with Crippen molar-refractivity contribution in [1.82, 2.24) is 4.98 Å². The van der Waals surface area contributed by atoms with E-state index in [0.29, 0.717) is 16.9 Å². The molecule has 0 saturated heterocycles. The molecule has 1 aromatic heterocycles. The zero-order valence-corrected chi connectivity index (χ0v) is 15.3. The summed E-state index contributed by atoms with van der Waals surface area (Å²) in [7, 11) is 0. The van der Waals surface area contributed by atoms with Crippen molar-refractivity contribution in [2.24, 2.45) is 0 Å². The van der Waals surface area contributed by atoms with Crippen LogP contribution in [0, 0.1) is 0 Å². The number of hydrogen-bond donors (Lipinski definition) is 2. The first kappa shape index (κ1) is 17.8. The van der Waals surface area contributed by atoms with Gasteiger partial charge < -0.3 is 19.9 Å². The monoisotopic (exact) mass is 377 g/mol. The van der Waals surface area contributed by atoms with Gasteiger partial charge in [0.15, 0.2) is 6.61 Å². The van der Waals surface area contributed by atoms with Gasteiger partial charge in [0.05, 0.1) is 16.9 Å². The molecule has 0 bridgehead atoms. The van der Waals surface area contributed by atoms with Crippen LogP contribution in [-0.2, 0) is 14.3 Å². The number of amides is 2. The number of fused-ring (bicyclic) bond motifs is 2. The number of anilines is 2. The predicted octanol–water partition coefficient (Wildman–Crippen LogP) is 3.09. The summed E-state index contributed by atoms with van der Waals surface area (Å²) < 4.78 is 5.29. The van der Waals surface area contributed by atoms with Crippen molar-refractivity contribution < 1.29 is 19.1 Å². The quantitative estimate of drug-likeness (QED) is 0.686. The maximum atomic E-state index is 12.9. The lowest BCUT2D eigenvalue weighted by molar-refractivity contribution is -0.122. The molecule has 3 aromatic rings. The summed E-state index contributed by atoms with van der Waals surface area (Å²) >= 11 is 0. The number of para-hydroxylation sites is 3. The molecule has 2 N–H and O–H groups in total. The van der Waals surface area contributed by atoms with E-state index in [0.717, 1.165) is 10.9 Å². The van der Waals surface area contributed by atoms with Crippen LogP contribution in [0.25, 0.3) is 10.9 Å².